The Morgan fingerprint density at radius 2 is 2.00 bits per heavy atom. The van der Waals surface area contributed by atoms with Crippen LogP contribution in [0.15, 0.2) is 12.1 Å². The summed E-state index contributed by atoms with van der Waals surface area (Å²) in [4.78, 5) is 14.3. The number of halogens is 3. The van der Waals surface area contributed by atoms with Crippen LogP contribution in [0.4, 0.5) is 0 Å². The fourth-order valence-corrected chi connectivity index (χ4v) is 3.24. The first-order chi connectivity index (χ1) is 9.02. The smallest absolute Gasteiger partial charge is 0.255 e. The van der Waals surface area contributed by atoms with Gasteiger partial charge in [0.1, 0.15) is 0 Å². The summed E-state index contributed by atoms with van der Waals surface area (Å²) in [6.45, 7) is 1.54. The molecule has 0 aliphatic carbocycles. The molecular weight excluding hydrogens is 400 g/mol. The van der Waals surface area contributed by atoms with Gasteiger partial charge in [-0.2, -0.15) is 0 Å². The molecule has 0 unspecified atom stereocenters. The highest BCUT2D eigenvalue weighted by Gasteiger charge is 2.25. The van der Waals surface area contributed by atoms with E-state index in [0.717, 1.165) is 16.4 Å². The van der Waals surface area contributed by atoms with Crippen molar-refractivity contribution in [1.29, 1.82) is 0 Å². The standard InChI is InChI=1S/C13H14Cl2INO2/c14-9-5-10(12(16)11(15)6-9)13(19)17-3-1-8(7-18)2-4-17/h5-6,8,18H,1-4,7H2. The number of hydrogen-bond donors (Lipinski definition) is 1. The minimum atomic E-state index is -0.0369. The number of piperidine rings is 1. The molecule has 1 saturated heterocycles. The van der Waals surface area contributed by atoms with Crippen LogP contribution < -0.4 is 0 Å². The van der Waals surface area contributed by atoms with E-state index < -0.39 is 0 Å². The van der Waals surface area contributed by atoms with Crippen LogP contribution in [0.5, 0.6) is 0 Å². The lowest BCUT2D eigenvalue weighted by molar-refractivity contribution is 0.0650. The zero-order valence-corrected chi connectivity index (χ0v) is 13.9. The Hall–Kier alpha value is -0.0400. The van der Waals surface area contributed by atoms with E-state index in [1.54, 1.807) is 17.0 Å². The van der Waals surface area contributed by atoms with Crippen molar-refractivity contribution in [2.75, 3.05) is 19.7 Å². The Bertz CT molecular complexity index is 488. The van der Waals surface area contributed by atoms with Crippen molar-refractivity contribution in [3.8, 4) is 0 Å². The first-order valence-electron chi connectivity index (χ1n) is 6.07. The molecule has 6 heteroatoms. The van der Waals surface area contributed by atoms with Gasteiger partial charge in [0.2, 0.25) is 0 Å². The Morgan fingerprint density at radius 1 is 1.37 bits per heavy atom. The third kappa shape index (κ3) is 3.54. The summed E-state index contributed by atoms with van der Waals surface area (Å²) in [6, 6.07) is 3.30. The summed E-state index contributed by atoms with van der Waals surface area (Å²) in [5, 5.41) is 10.1. The monoisotopic (exact) mass is 413 g/mol. The van der Waals surface area contributed by atoms with E-state index in [2.05, 4.69) is 22.6 Å². The lowest BCUT2D eigenvalue weighted by Crippen LogP contribution is -2.39. The van der Waals surface area contributed by atoms with Gasteiger partial charge >= 0.3 is 0 Å². The lowest BCUT2D eigenvalue weighted by Gasteiger charge is -2.31. The molecule has 3 nitrogen and oxygen atoms in total. The molecule has 0 saturated carbocycles. The molecule has 0 radical (unpaired) electrons. The van der Waals surface area contributed by atoms with Crippen LogP contribution in [0.1, 0.15) is 23.2 Å². The fraction of sp³-hybridized carbons (Fsp3) is 0.462. The highest BCUT2D eigenvalue weighted by Crippen LogP contribution is 2.28. The van der Waals surface area contributed by atoms with Gasteiger partial charge in [0.15, 0.2) is 0 Å². The summed E-state index contributed by atoms with van der Waals surface area (Å²) in [5.74, 6) is 0.274. The van der Waals surface area contributed by atoms with Crippen molar-refractivity contribution < 1.29 is 9.90 Å². The molecule has 1 fully saturated rings. The minimum Gasteiger partial charge on any atom is -0.396 e. The van der Waals surface area contributed by atoms with Gasteiger partial charge in [-0.3, -0.25) is 4.79 Å². The number of carbonyl (C=O) groups is 1. The fourth-order valence-electron chi connectivity index (χ4n) is 2.20. The molecule has 19 heavy (non-hydrogen) atoms. The van der Waals surface area contributed by atoms with Gasteiger partial charge in [-0.05, 0) is 53.5 Å². The molecule has 1 amide bonds. The Labute approximate surface area is 136 Å². The molecule has 1 aliphatic rings. The molecule has 1 heterocycles. The summed E-state index contributed by atoms with van der Waals surface area (Å²) < 4.78 is 0.734. The van der Waals surface area contributed by atoms with E-state index >= 15 is 0 Å². The zero-order chi connectivity index (χ0) is 14.0. The number of benzene rings is 1. The largest absolute Gasteiger partial charge is 0.396 e. The maximum absolute atomic E-state index is 12.5. The average Bonchev–Trinajstić information content (AvgIpc) is 2.42. The molecule has 0 spiro atoms. The SMILES string of the molecule is O=C(c1cc(Cl)cc(Cl)c1I)N1CCC(CO)CC1. The minimum absolute atomic E-state index is 0.0369. The molecule has 2 rings (SSSR count). The van der Waals surface area contributed by atoms with Crippen LogP contribution in [-0.4, -0.2) is 35.6 Å². The highest BCUT2D eigenvalue weighted by atomic mass is 127. The highest BCUT2D eigenvalue weighted by molar-refractivity contribution is 14.1. The number of nitrogens with zero attached hydrogens (tertiary/aromatic N) is 1. The first-order valence-corrected chi connectivity index (χ1v) is 7.91. The maximum Gasteiger partial charge on any atom is 0.255 e. The van der Waals surface area contributed by atoms with Crippen LogP contribution in [0, 0.1) is 9.49 Å². The van der Waals surface area contributed by atoms with Crippen LogP contribution in [0.2, 0.25) is 10.0 Å². The molecule has 0 aromatic heterocycles. The summed E-state index contributed by atoms with van der Waals surface area (Å²) in [7, 11) is 0. The van der Waals surface area contributed by atoms with Crippen molar-refractivity contribution in [3.05, 3.63) is 31.3 Å². The number of aliphatic hydroxyl groups excluding tert-OH is 1. The number of likely N-dealkylation sites (tertiary alicyclic amines) is 1. The van der Waals surface area contributed by atoms with Gasteiger partial charge in [0, 0.05) is 28.3 Å². The average molecular weight is 414 g/mol. The van der Waals surface area contributed by atoms with Gasteiger partial charge in [0.25, 0.3) is 5.91 Å². The normalized spacial score (nSPS) is 16.7. The third-order valence-corrected chi connectivity index (χ3v) is 5.38. The van der Waals surface area contributed by atoms with Gasteiger partial charge in [-0.25, -0.2) is 0 Å². The third-order valence-electron chi connectivity index (χ3n) is 3.38. The molecule has 0 bridgehead atoms. The summed E-state index contributed by atoms with van der Waals surface area (Å²) >= 11 is 14.1. The Balaban J connectivity index is 2.17. The van der Waals surface area contributed by atoms with Gasteiger partial charge < -0.3 is 10.0 Å². The molecular formula is C13H14Cl2INO2. The lowest BCUT2D eigenvalue weighted by atomic mass is 9.97. The van der Waals surface area contributed by atoms with Gasteiger partial charge in [-0.15, -0.1) is 0 Å². The second-order valence-corrected chi connectivity index (χ2v) is 6.59. The summed E-state index contributed by atoms with van der Waals surface area (Å²) in [5.41, 5.74) is 0.556. The number of carbonyl (C=O) groups excluding carboxylic acids is 1. The molecule has 1 aliphatic heterocycles. The van der Waals surface area contributed by atoms with Crippen molar-refractivity contribution in [1.82, 2.24) is 4.90 Å². The molecule has 1 N–H and O–H groups in total. The first kappa shape index (κ1) is 15.4. The summed E-state index contributed by atoms with van der Waals surface area (Å²) in [6.07, 6.45) is 1.68. The molecule has 1 aromatic rings. The predicted octanol–water partition coefficient (Wildman–Crippen LogP) is 3.44. The van der Waals surface area contributed by atoms with E-state index in [0.29, 0.717) is 34.6 Å². The topological polar surface area (TPSA) is 40.5 Å². The van der Waals surface area contributed by atoms with E-state index in [4.69, 9.17) is 28.3 Å². The second-order valence-electron chi connectivity index (χ2n) is 4.67. The van der Waals surface area contributed by atoms with Crippen LogP contribution in [-0.2, 0) is 0 Å². The van der Waals surface area contributed by atoms with E-state index in [-0.39, 0.29) is 12.5 Å². The number of amides is 1. The number of hydrogen-bond acceptors (Lipinski definition) is 2. The Morgan fingerprint density at radius 3 is 2.58 bits per heavy atom. The molecule has 1 aromatic carbocycles. The van der Waals surface area contributed by atoms with Gasteiger partial charge in [-0.1, -0.05) is 23.2 Å². The van der Waals surface area contributed by atoms with E-state index in [9.17, 15) is 4.79 Å². The number of aliphatic hydroxyl groups is 1. The van der Waals surface area contributed by atoms with E-state index in [1.165, 1.54) is 0 Å². The zero-order valence-electron chi connectivity index (χ0n) is 10.2. The quantitative estimate of drug-likeness (QED) is 0.595. The van der Waals surface area contributed by atoms with Crippen LogP contribution >= 0.6 is 45.8 Å². The maximum atomic E-state index is 12.5. The Kier molecular flexibility index (Phi) is 5.34. The van der Waals surface area contributed by atoms with E-state index in [1.807, 2.05) is 0 Å². The predicted molar refractivity (Wildman–Crippen MR) is 84.9 cm³/mol. The molecule has 0 atom stereocenters. The van der Waals surface area contributed by atoms with Crippen LogP contribution in [0.3, 0.4) is 0 Å². The number of rotatable bonds is 2. The second kappa shape index (κ2) is 6.61. The van der Waals surface area contributed by atoms with Crippen molar-refractivity contribution in [2.45, 2.75) is 12.8 Å². The molecule has 104 valence electrons. The van der Waals surface area contributed by atoms with Crippen molar-refractivity contribution in [3.63, 3.8) is 0 Å². The van der Waals surface area contributed by atoms with Crippen molar-refractivity contribution >= 4 is 51.7 Å². The van der Waals surface area contributed by atoms with Crippen LogP contribution in [0.25, 0.3) is 0 Å². The van der Waals surface area contributed by atoms with Crippen molar-refractivity contribution in [2.24, 2.45) is 5.92 Å². The van der Waals surface area contributed by atoms with Gasteiger partial charge in [0.05, 0.1) is 10.6 Å².